The van der Waals surface area contributed by atoms with Crippen molar-refractivity contribution in [3.8, 4) is 11.3 Å². The van der Waals surface area contributed by atoms with Crippen molar-refractivity contribution in [2.75, 3.05) is 23.3 Å². The maximum atomic E-state index is 12.6. The number of piperidine rings is 1. The fourth-order valence-electron chi connectivity index (χ4n) is 3.01. The van der Waals surface area contributed by atoms with Gasteiger partial charge in [0.1, 0.15) is 5.82 Å². The van der Waals surface area contributed by atoms with Crippen molar-refractivity contribution in [3.05, 3.63) is 48.5 Å². The Morgan fingerprint density at radius 3 is 2.73 bits per heavy atom. The number of carbonyl (C=O) groups is 1. The van der Waals surface area contributed by atoms with Gasteiger partial charge in [-0.1, -0.05) is 0 Å². The predicted octanol–water partition coefficient (Wildman–Crippen LogP) is 2.85. The Labute approximate surface area is 155 Å². The molecule has 7 nitrogen and oxygen atoms in total. The van der Waals surface area contributed by atoms with Crippen LogP contribution in [0.25, 0.3) is 11.3 Å². The number of pyridine rings is 1. The number of nitrogens with zero attached hydrogens (tertiary/aromatic N) is 5. The van der Waals surface area contributed by atoms with Crippen LogP contribution in [0.4, 0.5) is 10.9 Å². The van der Waals surface area contributed by atoms with Gasteiger partial charge in [0.15, 0.2) is 5.13 Å². The first-order chi connectivity index (χ1) is 12.8. The van der Waals surface area contributed by atoms with E-state index in [0.717, 1.165) is 43.0 Å². The number of thiazole rings is 1. The molecule has 0 spiro atoms. The standard InChI is InChI=1S/C18H18N6OS/c25-17(13-3-8-24(9-4-13)16-11-20-6-7-21-16)23-18-22-15(12-26-18)14-2-1-5-19-10-14/h1-2,5-7,10-13H,3-4,8-9H2,(H,22,23,25). The Kier molecular flexibility index (Phi) is 4.83. The monoisotopic (exact) mass is 366 g/mol. The molecule has 0 atom stereocenters. The third-order valence-electron chi connectivity index (χ3n) is 4.43. The summed E-state index contributed by atoms with van der Waals surface area (Å²) in [5, 5.41) is 5.52. The highest BCUT2D eigenvalue weighted by Crippen LogP contribution is 2.26. The number of nitrogens with one attached hydrogen (secondary N) is 1. The lowest BCUT2D eigenvalue weighted by molar-refractivity contribution is -0.120. The molecule has 0 saturated carbocycles. The van der Waals surface area contributed by atoms with E-state index in [2.05, 4.69) is 30.2 Å². The van der Waals surface area contributed by atoms with Crippen molar-refractivity contribution < 1.29 is 4.79 Å². The Bertz CT molecular complexity index is 862. The van der Waals surface area contributed by atoms with E-state index >= 15 is 0 Å². The van der Waals surface area contributed by atoms with E-state index in [-0.39, 0.29) is 11.8 Å². The lowest BCUT2D eigenvalue weighted by Gasteiger charge is -2.31. The summed E-state index contributed by atoms with van der Waals surface area (Å²) in [6, 6.07) is 3.83. The number of hydrogen-bond acceptors (Lipinski definition) is 7. The summed E-state index contributed by atoms with van der Waals surface area (Å²) in [7, 11) is 0. The average Bonchev–Trinajstić information content (AvgIpc) is 3.18. The van der Waals surface area contributed by atoms with Gasteiger partial charge in [-0.05, 0) is 25.0 Å². The maximum Gasteiger partial charge on any atom is 0.229 e. The van der Waals surface area contributed by atoms with Gasteiger partial charge in [-0.3, -0.25) is 14.8 Å². The number of hydrogen-bond donors (Lipinski definition) is 1. The van der Waals surface area contributed by atoms with Crippen molar-refractivity contribution in [2.45, 2.75) is 12.8 Å². The second-order valence-electron chi connectivity index (χ2n) is 6.09. The lowest BCUT2D eigenvalue weighted by Crippen LogP contribution is -2.38. The molecule has 1 aliphatic heterocycles. The molecule has 1 fully saturated rings. The van der Waals surface area contributed by atoms with Gasteiger partial charge < -0.3 is 10.2 Å². The van der Waals surface area contributed by atoms with Crippen LogP contribution < -0.4 is 10.2 Å². The smallest absolute Gasteiger partial charge is 0.229 e. The van der Waals surface area contributed by atoms with Gasteiger partial charge in [-0.25, -0.2) is 9.97 Å². The second-order valence-corrected chi connectivity index (χ2v) is 6.95. The van der Waals surface area contributed by atoms with E-state index in [0.29, 0.717) is 5.13 Å². The highest BCUT2D eigenvalue weighted by atomic mass is 32.1. The van der Waals surface area contributed by atoms with Gasteiger partial charge >= 0.3 is 0 Å². The Hall–Kier alpha value is -2.87. The molecule has 0 unspecified atom stereocenters. The first-order valence-corrected chi connectivity index (χ1v) is 9.35. The van der Waals surface area contributed by atoms with Crippen molar-refractivity contribution in [1.82, 2.24) is 19.9 Å². The number of carbonyl (C=O) groups excluding carboxylic acids is 1. The lowest BCUT2D eigenvalue weighted by atomic mass is 9.96. The van der Waals surface area contributed by atoms with Crippen LogP contribution in [0, 0.1) is 5.92 Å². The van der Waals surface area contributed by atoms with Crippen molar-refractivity contribution in [2.24, 2.45) is 5.92 Å². The van der Waals surface area contributed by atoms with Gasteiger partial charge in [0, 0.05) is 54.7 Å². The molecule has 1 saturated heterocycles. The maximum absolute atomic E-state index is 12.6. The van der Waals surface area contributed by atoms with Crippen LogP contribution in [0.2, 0.25) is 0 Å². The van der Waals surface area contributed by atoms with E-state index in [1.807, 2.05) is 17.5 Å². The number of aromatic nitrogens is 4. The van der Waals surface area contributed by atoms with Gasteiger partial charge in [0.25, 0.3) is 0 Å². The SMILES string of the molecule is O=C(Nc1nc(-c2cccnc2)cs1)C1CCN(c2cnccn2)CC1. The average molecular weight is 366 g/mol. The van der Waals surface area contributed by atoms with E-state index < -0.39 is 0 Å². The summed E-state index contributed by atoms with van der Waals surface area (Å²) in [5.41, 5.74) is 1.78. The zero-order valence-electron chi connectivity index (χ0n) is 14.1. The summed E-state index contributed by atoms with van der Waals surface area (Å²) >= 11 is 1.43. The van der Waals surface area contributed by atoms with Crippen molar-refractivity contribution in [3.63, 3.8) is 0 Å². The predicted molar refractivity (Wildman–Crippen MR) is 101 cm³/mol. The molecule has 0 aromatic carbocycles. The molecule has 3 aromatic rings. The van der Waals surface area contributed by atoms with Gasteiger partial charge in [0.05, 0.1) is 11.9 Å². The first-order valence-electron chi connectivity index (χ1n) is 8.47. The molecule has 26 heavy (non-hydrogen) atoms. The van der Waals surface area contributed by atoms with Gasteiger partial charge in [0.2, 0.25) is 5.91 Å². The summed E-state index contributed by atoms with van der Waals surface area (Å²) in [6.07, 6.45) is 10.2. The van der Waals surface area contributed by atoms with Gasteiger partial charge in [-0.2, -0.15) is 0 Å². The minimum Gasteiger partial charge on any atom is -0.355 e. The summed E-state index contributed by atoms with van der Waals surface area (Å²) in [4.78, 5) is 31.7. The molecule has 8 heteroatoms. The Morgan fingerprint density at radius 2 is 2.00 bits per heavy atom. The largest absolute Gasteiger partial charge is 0.355 e. The molecule has 132 valence electrons. The van der Waals surface area contributed by atoms with E-state index in [1.54, 1.807) is 31.0 Å². The molecular formula is C18H18N6OS. The van der Waals surface area contributed by atoms with Crippen LogP contribution in [-0.2, 0) is 4.79 Å². The van der Waals surface area contributed by atoms with E-state index in [1.165, 1.54) is 11.3 Å². The minimum atomic E-state index is -0.00587. The topological polar surface area (TPSA) is 83.9 Å². The number of amides is 1. The zero-order valence-corrected chi connectivity index (χ0v) is 14.9. The normalized spacial score (nSPS) is 15.0. The molecule has 0 radical (unpaired) electrons. The van der Waals surface area contributed by atoms with E-state index in [4.69, 9.17) is 0 Å². The molecule has 1 aliphatic rings. The Balaban J connectivity index is 1.34. The number of rotatable bonds is 4. The molecule has 3 aromatic heterocycles. The number of anilines is 2. The second kappa shape index (κ2) is 7.57. The van der Waals surface area contributed by atoms with E-state index in [9.17, 15) is 4.79 Å². The first kappa shape index (κ1) is 16.6. The van der Waals surface area contributed by atoms with Crippen LogP contribution in [0.15, 0.2) is 48.5 Å². The summed E-state index contributed by atoms with van der Waals surface area (Å²) in [6.45, 7) is 1.60. The van der Waals surface area contributed by atoms with Crippen LogP contribution in [0.1, 0.15) is 12.8 Å². The van der Waals surface area contributed by atoms with Crippen molar-refractivity contribution >= 4 is 28.2 Å². The third-order valence-corrected chi connectivity index (χ3v) is 5.19. The van der Waals surface area contributed by atoms with Crippen LogP contribution in [-0.4, -0.2) is 38.9 Å². The quantitative estimate of drug-likeness (QED) is 0.764. The third kappa shape index (κ3) is 3.70. The molecule has 4 heterocycles. The molecule has 1 N–H and O–H groups in total. The molecule has 4 rings (SSSR count). The fraction of sp³-hybridized carbons (Fsp3) is 0.278. The van der Waals surface area contributed by atoms with Crippen LogP contribution in [0.3, 0.4) is 0 Å². The summed E-state index contributed by atoms with van der Waals surface area (Å²) in [5.74, 6) is 0.900. The zero-order chi connectivity index (χ0) is 17.8. The highest BCUT2D eigenvalue weighted by Gasteiger charge is 2.26. The Morgan fingerprint density at radius 1 is 1.15 bits per heavy atom. The van der Waals surface area contributed by atoms with Crippen LogP contribution in [0.5, 0.6) is 0 Å². The fourth-order valence-corrected chi connectivity index (χ4v) is 3.73. The highest BCUT2D eigenvalue weighted by molar-refractivity contribution is 7.14. The van der Waals surface area contributed by atoms with Crippen LogP contribution >= 0.6 is 11.3 Å². The molecular weight excluding hydrogens is 348 g/mol. The molecule has 1 amide bonds. The molecule has 0 bridgehead atoms. The molecule has 0 aliphatic carbocycles. The van der Waals surface area contributed by atoms with Gasteiger partial charge in [-0.15, -0.1) is 11.3 Å². The van der Waals surface area contributed by atoms with Crippen molar-refractivity contribution in [1.29, 1.82) is 0 Å². The summed E-state index contributed by atoms with van der Waals surface area (Å²) < 4.78 is 0. The minimum absolute atomic E-state index is 0.00587.